The Kier molecular flexibility index (Phi) is 8.24. The maximum absolute atomic E-state index is 9.06. The minimum absolute atomic E-state index is 0. The molecule has 6 heavy (non-hydrogen) atoms. The zero-order chi connectivity index (χ0) is 4.28. The quantitative estimate of drug-likeness (QED) is 0.210. The van der Waals surface area contributed by atoms with Crippen molar-refractivity contribution in [1.29, 1.82) is 0 Å². The predicted molar refractivity (Wildman–Crippen MR) is 16.1 cm³/mol. The van der Waals surface area contributed by atoms with Crippen LogP contribution in [0.5, 0.6) is 0 Å². The summed E-state index contributed by atoms with van der Waals surface area (Å²) in [5, 5.41) is 8.44. The Balaban J connectivity index is 0. The normalized spacial score (nSPS) is 5.50. The number of hydrazine groups is 1. The average Bonchev–Trinajstić information content (AvgIpc) is 1.38. The molecule has 0 rings (SSSR count). The Hall–Kier alpha value is 0.200. The third-order valence-corrected chi connectivity index (χ3v) is 0.183. The summed E-state index contributed by atoms with van der Waals surface area (Å²) in [6.45, 7) is 0. The molecule has 0 fully saturated rings. The van der Waals surface area contributed by atoms with Crippen molar-refractivity contribution in [2.45, 2.75) is 0 Å². The van der Waals surface area contributed by atoms with Crippen molar-refractivity contribution in [2.75, 3.05) is 7.05 Å². The molecule has 0 radical (unpaired) electrons. The van der Waals surface area contributed by atoms with Crippen LogP contribution in [0.2, 0.25) is 0 Å². The van der Waals surface area contributed by atoms with Crippen molar-refractivity contribution in [1.82, 2.24) is 5.43 Å². The van der Waals surface area contributed by atoms with Crippen LogP contribution in [0.15, 0.2) is 0 Å². The molecule has 0 bridgehead atoms. The first-order chi connectivity index (χ1) is 2.27. The van der Waals surface area contributed by atoms with Crippen molar-refractivity contribution < 1.29 is 34.6 Å². The third-order valence-electron chi connectivity index (χ3n) is 0.183. The van der Waals surface area contributed by atoms with Crippen LogP contribution >= 0.6 is 0 Å². The average molecular weight is 99.0 g/mol. The van der Waals surface area contributed by atoms with E-state index in [2.05, 4.69) is 0 Å². The van der Waals surface area contributed by atoms with E-state index in [4.69, 9.17) is 10.1 Å². The Morgan fingerprint density at radius 3 is 2.00 bits per heavy atom. The number of hydrogen-bond acceptors (Lipinski definition) is 2. The summed E-state index contributed by atoms with van der Waals surface area (Å²) in [5.41, 5.74) is 1.75. The van der Waals surface area contributed by atoms with Gasteiger partial charge in [0.15, 0.2) is 5.03 Å². The van der Waals surface area contributed by atoms with E-state index in [1.807, 2.05) is 0 Å². The molecule has 0 heterocycles. The third kappa shape index (κ3) is 8.89. The molecule has 30 valence electrons. The molecular weight excluding hydrogens is 95.0 g/mol. The fourth-order valence-electron chi connectivity index (χ4n) is 0. The Morgan fingerprint density at radius 2 is 2.00 bits per heavy atom. The summed E-state index contributed by atoms with van der Waals surface area (Å²) < 4.78 is 0. The molecule has 0 saturated heterocycles. The van der Waals surface area contributed by atoms with Gasteiger partial charge in [0.25, 0.3) is 0 Å². The summed E-state index contributed by atoms with van der Waals surface area (Å²) in [6, 6.07) is 0. The van der Waals surface area contributed by atoms with Crippen molar-refractivity contribution >= 4 is 0 Å². The second-order valence-electron chi connectivity index (χ2n) is 0.481. The number of nitrogens with one attached hydrogen (secondary N) is 1. The number of nitro groups is 1. The predicted octanol–water partition coefficient (Wildman–Crippen LogP) is -3.60. The van der Waals surface area contributed by atoms with Crippen LogP contribution in [0.25, 0.3) is 0 Å². The monoisotopic (exact) mass is 99.0 g/mol. The summed E-state index contributed by atoms with van der Waals surface area (Å²) in [5.74, 6) is 0. The maximum Gasteiger partial charge on any atom is 1.00 e. The van der Waals surface area contributed by atoms with E-state index in [1.165, 1.54) is 7.05 Å². The van der Waals surface area contributed by atoms with Crippen LogP contribution in [-0.2, 0) is 0 Å². The van der Waals surface area contributed by atoms with Gasteiger partial charge in [0.2, 0.25) is 0 Å². The van der Waals surface area contributed by atoms with Gasteiger partial charge in [-0.25, -0.2) is 10.1 Å². The summed E-state index contributed by atoms with van der Waals surface area (Å²) in [4.78, 5) is 9.06. The van der Waals surface area contributed by atoms with Crippen LogP contribution < -0.4 is 35.0 Å². The standard InChI is InChI=1S/CH4N2O2.Na/c1-2-3(4)5;/h2H,1H3;/q;+1. The maximum atomic E-state index is 9.06. The molecule has 0 saturated carbocycles. The summed E-state index contributed by atoms with van der Waals surface area (Å²) >= 11 is 0. The first-order valence-electron chi connectivity index (χ1n) is 1.09. The molecule has 0 aliphatic rings. The van der Waals surface area contributed by atoms with Gasteiger partial charge < -0.3 is 0 Å². The van der Waals surface area contributed by atoms with Gasteiger partial charge in [-0.3, -0.25) is 0 Å². The van der Waals surface area contributed by atoms with E-state index >= 15 is 0 Å². The van der Waals surface area contributed by atoms with Crippen molar-refractivity contribution in [3.63, 3.8) is 0 Å². The van der Waals surface area contributed by atoms with Gasteiger partial charge in [-0.1, -0.05) is 0 Å². The van der Waals surface area contributed by atoms with Crippen LogP contribution in [-0.4, -0.2) is 12.1 Å². The van der Waals surface area contributed by atoms with Crippen molar-refractivity contribution in [3.8, 4) is 0 Å². The largest absolute Gasteiger partial charge is 1.00 e. The fourth-order valence-corrected chi connectivity index (χ4v) is 0. The molecule has 0 aliphatic carbocycles. The molecule has 0 unspecified atom stereocenters. The first-order valence-corrected chi connectivity index (χ1v) is 1.09. The second-order valence-corrected chi connectivity index (χ2v) is 0.481. The summed E-state index contributed by atoms with van der Waals surface area (Å²) in [7, 11) is 1.25. The van der Waals surface area contributed by atoms with Gasteiger partial charge in [0.05, 0.1) is 7.05 Å². The molecule has 0 atom stereocenters. The van der Waals surface area contributed by atoms with E-state index in [0.29, 0.717) is 0 Å². The van der Waals surface area contributed by atoms with Gasteiger partial charge in [-0.2, -0.15) is 0 Å². The molecule has 0 spiro atoms. The smallest absolute Gasteiger partial charge is 0.235 e. The number of rotatable bonds is 1. The number of nitrogens with zero attached hydrogens (tertiary/aromatic N) is 1. The second kappa shape index (κ2) is 5.20. The van der Waals surface area contributed by atoms with Gasteiger partial charge in [-0.05, 0) is 0 Å². The molecule has 5 heteroatoms. The molecule has 0 amide bonds. The van der Waals surface area contributed by atoms with Crippen LogP contribution in [0.3, 0.4) is 0 Å². The summed E-state index contributed by atoms with van der Waals surface area (Å²) in [6.07, 6.45) is 0. The molecule has 4 nitrogen and oxygen atoms in total. The van der Waals surface area contributed by atoms with Gasteiger partial charge in [0, 0.05) is 0 Å². The van der Waals surface area contributed by atoms with E-state index in [0.717, 1.165) is 0 Å². The van der Waals surface area contributed by atoms with Crippen molar-refractivity contribution in [2.24, 2.45) is 0 Å². The molecule has 0 aromatic carbocycles. The zero-order valence-corrected chi connectivity index (χ0v) is 5.76. The van der Waals surface area contributed by atoms with Crippen LogP contribution in [0, 0.1) is 10.1 Å². The zero-order valence-electron chi connectivity index (χ0n) is 3.76. The van der Waals surface area contributed by atoms with E-state index in [1.54, 1.807) is 5.43 Å². The number of hydrogen-bond donors (Lipinski definition) is 1. The minimum Gasteiger partial charge on any atom is -0.235 e. The van der Waals surface area contributed by atoms with Crippen LogP contribution in [0.4, 0.5) is 0 Å². The van der Waals surface area contributed by atoms with Crippen molar-refractivity contribution in [3.05, 3.63) is 10.1 Å². The molecular formula is CH4N2NaO2+. The van der Waals surface area contributed by atoms with E-state index in [-0.39, 0.29) is 29.6 Å². The molecule has 1 N–H and O–H groups in total. The van der Waals surface area contributed by atoms with Gasteiger partial charge in [-0.15, -0.1) is 5.43 Å². The Morgan fingerprint density at radius 1 is 1.83 bits per heavy atom. The fraction of sp³-hybridized carbons (Fsp3) is 1.00. The minimum atomic E-state index is -0.625. The van der Waals surface area contributed by atoms with Gasteiger partial charge in [0.1, 0.15) is 0 Å². The van der Waals surface area contributed by atoms with E-state index < -0.39 is 5.03 Å². The Bertz CT molecular complexity index is 46.8. The molecule has 0 aliphatic heterocycles. The molecule has 0 aromatic heterocycles. The molecule has 0 aromatic rings. The Labute approximate surface area is 57.3 Å². The first kappa shape index (κ1) is 9.50. The SMILES string of the molecule is CN[N+](=O)[O-].[Na+]. The topological polar surface area (TPSA) is 55.2 Å². The van der Waals surface area contributed by atoms with Gasteiger partial charge >= 0.3 is 29.6 Å². The van der Waals surface area contributed by atoms with E-state index in [9.17, 15) is 0 Å². The van der Waals surface area contributed by atoms with Crippen LogP contribution in [0.1, 0.15) is 0 Å².